The first kappa shape index (κ1) is 13.0. The standard InChI is InChI=1S/C11H21N3O2/c1-3-12-10(15)6-7-13-8(2)11(16)14-9-4-5-9/h8-9,13H,3-7H2,1-2H3,(H,12,15)(H,14,16). The second-order valence-electron chi connectivity index (χ2n) is 4.16. The Morgan fingerprint density at radius 1 is 1.38 bits per heavy atom. The molecule has 2 amide bonds. The molecule has 0 bridgehead atoms. The van der Waals surface area contributed by atoms with E-state index >= 15 is 0 Å². The van der Waals surface area contributed by atoms with Crippen molar-refractivity contribution >= 4 is 11.8 Å². The molecule has 0 spiro atoms. The van der Waals surface area contributed by atoms with E-state index in [9.17, 15) is 9.59 Å². The molecule has 1 unspecified atom stereocenters. The van der Waals surface area contributed by atoms with Crippen molar-refractivity contribution in [1.29, 1.82) is 0 Å². The molecule has 1 rings (SSSR count). The van der Waals surface area contributed by atoms with Crippen LogP contribution in [0.15, 0.2) is 0 Å². The van der Waals surface area contributed by atoms with E-state index in [1.165, 1.54) is 0 Å². The highest BCUT2D eigenvalue weighted by Crippen LogP contribution is 2.18. The molecule has 0 heterocycles. The van der Waals surface area contributed by atoms with Gasteiger partial charge in [-0.15, -0.1) is 0 Å². The highest BCUT2D eigenvalue weighted by molar-refractivity contribution is 5.82. The number of hydrogen-bond acceptors (Lipinski definition) is 3. The molecule has 3 N–H and O–H groups in total. The van der Waals surface area contributed by atoms with E-state index < -0.39 is 0 Å². The van der Waals surface area contributed by atoms with Crippen molar-refractivity contribution in [1.82, 2.24) is 16.0 Å². The number of rotatable bonds is 7. The van der Waals surface area contributed by atoms with Crippen LogP contribution in [0.1, 0.15) is 33.1 Å². The minimum atomic E-state index is -0.227. The van der Waals surface area contributed by atoms with Crippen LogP contribution in [0.2, 0.25) is 0 Å². The summed E-state index contributed by atoms with van der Waals surface area (Å²) < 4.78 is 0. The van der Waals surface area contributed by atoms with E-state index in [1.807, 2.05) is 13.8 Å². The zero-order valence-electron chi connectivity index (χ0n) is 10.0. The van der Waals surface area contributed by atoms with Gasteiger partial charge in [-0.1, -0.05) is 0 Å². The molecule has 5 nitrogen and oxygen atoms in total. The van der Waals surface area contributed by atoms with Gasteiger partial charge in [0.25, 0.3) is 0 Å². The lowest BCUT2D eigenvalue weighted by Crippen LogP contribution is -2.44. The third-order valence-electron chi connectivity index (χ3n) is 2.49. The predicted octanol–water partition coefficient (Wildman–Crippen LogP) is -0.231. The summed E-state index contributed by atoms with van der Waals surface area (Å²) in [5, 5.41) is 8.66. The van der Waals surface area contributed by atoms with Crippen LogP contribution in [-0.4, -0.2) is 37.0 Å². The molecule has 16 heavy (non-hydrogen) atoms. The Labute approximate surface area is 96.4 Å². The van der Waals surface area contributed by atoms with Gasteiger partial charge in [-0.25, -0.2) is 0 Å². The number of carbonyl (C=O) groups excluding carboxylic acids is 2. The Hall–Kier alpha value is -1.10. The minimum absolute atomic E-state index is 0.0183. The molecular weight excluding hydrogens is 206 g/mol. The highest BCUT2D eigenvalue weighted by Gasteiger charge is 2.25. The van der Waals surface area contributed by atoms with Crippen molar-refractivity contribution in [2.24, 2.45) is 0 Å². The Morgan fingerprint density at radius 3 is 2.62 bits per heavy atom. The molecule has 1 saturated carbocycles. The minimum Gasteiger partial charge on any atom is -0.356 e. The molecule has 1 atom stereocenters. The lowest BCUT2D eigenvalue weighted by molar-refractivity contribution is -0.124. The summed E-state index contributed by atoms with van der Waals surface area (Å²) in [6.45, 7) is 4.88. The van der Waals surface area contributed by atoms with Crippen molar-refractivity contribution in [2.45, 2.75) is 45.2 Å². The number of nitrogens with one attached hydrogen (secondary N) is 3. The van der Waals surface area contributed by atoms with Crippen LogP contribution in [0.5, 0.6) is 0 Å². The summed E-state index contributed by atoms with van der Waals surface area (Å²) in [7, 11) is 0. The van der Waals surface area contributed by atoms with E-state index in [0.717, 1.165) is 12.8 Å². The van der Waals surface area contributed by atoms with E-state index in [1.54, 1.807) is 0 Å². The lowest BCUT2D eigenvalue weighted by Gasteiger charge is -2.13. The number of hydrogen-bond donors (Lipinski definition) is 3. The average molecular weight is 227 g/mol. The van der Waals surface area contributed by atoms with Crippen LogP contribution in [-0.2, 0) is 9.59 Å². The molecule has 92 valence electrons. The smallest absolute Gasteiger partial charge is 0.237 e. The topological polar surface area (TPSA) is 70.2 Å². The SMILES string of the molecule is CCNC(=O)CCNC(C)C(=O)NC1CC1. The zero-order chi connectivity index (χ0) is 12.0. The molecule has 1 fully saturated rings. The van der Waals surface area contributed by atoms with Gasteiger partial charge in [0, 0.05) is 25.6 Å². The second-order valence-corrected chi connectivity index (χ2v) is 4.16. The normalized spacial score (nSPS) is 16.6. The van der Waals surface area contributed by atoms with Crippen LogP contribution in [0.3, 0.4) is 0 Å². The second kappa shape index (κ2) is 6.48. The van der Waals surface area contributed by atoms with E-state index in [-0.39, 0.29) is 17.9 Å². The highest BCUT2D eigenvalue weighted by atomic mass is 16.2. The monoisotopic (exact) mass is 227 g/mol. The maximum absolute atomic E-state index is 11.5. The Balaban J connectivity index is 2.06. The maximum Gasteiger partial charge on any atom is 0.237 e. The van der Waals surface area contributed by atoms with Crippen LogP contribution < -0.4 is 16.0 Å². The van der Waals surface area contributed by atoms with Crippen LogP contribution >= 0.6 is 0 Å². The summed E-state index contributed by atoms with van der Waals surface area (Å²) in [6.07, 6.45) is 2.60. The number of amides is 2. The molecule has 0 aliphatic heterocycles. The molecule has 1 aliphatic rings. The van der Waals surface area contributed by atoms with E-state index in [4.69, 9.17) is 0 Å². The zero-order valence-corrected chi connectivity index (χ0v) is 10.0. The predicted molar refractivity (Wildman–Crippen MR) is 61.9 cm³/mol. The van der Waals surface area contributed by atoms with Crippen molar-refractivity contribution in [3.63, 3.8) is 0 Å². The van der Waals surface area contributed by atoms with Gasteiger partial charge < -0.3 is 16.0 Å². The molecule has 0 aromatic carbocycles. The molecule has 0 aromatic rings. The maximum atomic E-state index is 11.5. The summed E-state index contributed by atoms with van der Waals surface area (Å²) in [5.41, 5.74) is 0. The first-order valence-electron chi connectivity index (χ1n) is 5.94. The van der Waals surface area contributed by atoms with Crippen molar-refractivity contribution in [2.75, 3.05) is 13.1 Å². The fourth-order valence-electron chi connectivity index (χ4n) is 1.33. The van der Waals surface area contributed by atoms with Crippen molar-refractivity contribution in [3.8, 4) is 0 Å². The Bertz CT molecular complexity index is 252. The lowest BCUT2D eigenvalue weighted by atomic mass is 10.3. The molecule has 0 saturated heterocycles. The molecule has 5 heteroatoms. The van der Waals surface area contributed by atoms with Gasteiger partial charge in [0.15, 0.2) is 0 Å². The Kier molecular flexibility index (Phi) is 5.25. The first-order chi connectivity index (χ1) is 7.63. The van der Waals surface area contributed by atoms with Gasteiger partial charge in [0.05, 0.1) is 6.04 Å². The van der Waals surface area contributed by atoms with Gasteiger partial charge in [0.1, 0.15) is 0 Å². The molecule has 0 aromatic heterocycles. The number of carbonyl (C=O) groups is 2. The molecule has 1 aliphatic carbocycles. The fourth-order valence-corrected chi connectivity index (χ4v) is 1.33. The first-order valence-corrected chi connectivity index (χ1v) is 5.94. The third-order valence-corrected chi connectivity index (χ3v) is 2.49. The third kappa shape index (κ3) is 5.11. The van der Waals surface area contributed by atoms with Gasteiger partial charge in [-0.3, -0.25) is 9.59 Å². The van der Waals surface area contributed by atoms with Gasteiger partial charge in [-0.2, -0.15) is 0 Å². The van der Waals surface area contributed by atoms with Gasteiger partial charge in [0.2, 0.25) is 11.8 Å². The summed E-state index contributed by atoms with van der Waals surface area (Å²) in [4.78, 5) is 22.7. The average Bonchev–Trinajstić information content (AvgIpc) is 3.01. The molecular formula is C11H21N3O2. The van der Waals surface area contributed by atoms with Crippen molar-refractivity contribution in [3.05, 3.63) is 0 Å². The fraction of sp³-hybridized carbons (Fsp3) is 0.818. The van der Waals surface area contributed by atoms with Crippen LogP contribution in [0.4, 0.5) is 0 Å². The van der Waals surface area contributed by atoms with Crippen LogP contribution in [0, 0.1) is 0 Å². The Morgan fingerprint density at radius 2 is 2.06 bits per heavy atom. The van der Waals surface area contributed by atoms with Crippen molar-refractivity contribution < 1.29 is 9.59 Å². The van der Waals surface area contributed by atoms with Gasteiger partial charge in [-0.05, 0) is 26.7 Å². The van der Waals surface area contributed by atoms with E-state index in [0.29, 0.717) is 25.6 Å². The van der Waals surface area contributed by atoms with Crippen LogP contribution in [0.25, 0.3) is 0 Å². The van der Waals surface area contributed by atoms with Gasteiger partial charge >= 0.3 is 0 Å². The van der Waals surface area contributed by atoms with E-state index in [2.05, 4.69) is 16.0 Å². The largest absolute Gasteiger partial charge is 0.356 e. The molecule has 0 radical (unpaired) electrons. The summed E-state index contributed by atoms with van der Waals surface area (Å²) in [6, 6.07) is 0.162. The summed E-state index contributed by atoms with van der Waals surface area (Å²) in [5.74, 6) is 0.0446. The quantitative estimate of drug-likeness (QED) is 0.562. The summed E-state index contributed by atoms with van der Waals surface area (Å²) >= 11 is 0.